The van der Waals surface area contributed by atoms with Crippen molar-refractivity contribution in [3.05, 3.63) is 22.2 Å². The molecule has 0 N–H and O–H groups in total. The van der Waals surface area contributed by atoms with Crippen LogP contribution >= 0.6 is 23.4 Å². The van der Waals surface area contributed by atoms with Crippen LogP contribution in [0.4, 0.5) is 0 Å². The maximum absolute atomic E-state index is 6.25. The van der Waals surface area contributed by atoms with Crippen molar-refractivity contribution in [1.82, 2.24) is 9.97 Å². The molecule has 0 radical (unpaired) electrons. The van der Waals surface area contributed by atoms with Crippen LogP contribution in [0.5, 0.6) is 0 Å². The molecule has 1 fully saturated rings. The summed E-state index contributed by atoms with van der Waals surface area (Å²) in [6.07, 6.45) is 4.49. The number of rotatable bonds is 1. The standard InChI is InChI=1S/C12H15ClN2OS/c13-11-8-3-1-2-4-9(8)14-12(15-11)10-7-17-6-5-16-10/h10H,1-7H2. The van der Waals surface area contributed by atoms with Gasteiger partial charge < -0.3 is 4.74 Å². The number of thioether (sulfide) groups is 1. The first-order valence-corrected chi connectivity index (χ1v) is 7.62. The number of aromatic nitrogens is 2. The van der Waals surface area contributed by atoms with Gasteiger partial charge in [0.2, 0.25) is 0 Å². The van der Waals surface area contributed by atoms with E-state index in [-0.39, 0.29) is 6.10 Å². The van der Waals surface area contributed by atoms with Crippen LogP contribution in [0.25, 0.3) is 0 Å². The van der Waals surface area contributed by atoms with E-state index >= 15 is 0 Å². The fourth-order valence-corrected chi connectivity index (χ4v) is 3.48. The fraction of sp³-hybridized carbons (Fsp3) is 0.667. The molecular formula is C12H15ClN2OS. The van der Waals surface area contributed by atoms with Crippen molar-refractivity contribution < 1.29 is 4.74 Å². The zero-order valence-corrected chi connectivity index (χ0v) is 11.2. The van der Waals surface area contributed by atoms with Crippen LogP contribution in [-0.4, -0.2) is 28.1 Å². The van der Waals surface area contributed by atoms with Crippen LogP contribution in [0, 0.1) is 0 Å². The quantitative estimate of drug-likeness (QED) is 0.735. The van der Waals surface area contributed by atoms with E-state index in [0.717, 1.165) is 48.0 Å². The first-order chi connectivity index (χ1) is 8.34. The van der Waals surface area contributed by atoms with Gasteiger partial charge in [-0.2, -0.15) is 11.8 Å². The third-order valence-electron chi connectivity index (χ3n) is 3.25. The molecule has 92 valence electrons. The molecule has 17 heavy (non-hydrogen) atoms. The molecule has 3 nitrogen and oxygen atoms in total. The molecule has 0 spiro atoms. The van der Waals surface area contributed by atoms with Gasteiger partial charge in [-0.05, 0) is 25.7 Å². The molecule has 1 aliphatic carbocycles. The molecule has 0 aromatic carbocycles. The molecular weight excluding hydrogens is 256 g/mol. The van der Waals surface area contributed by atoms with E-state index in [1.54, 1.807) is 0 Å². The smallest absolute Gasteiger partial charge is 0.159 e. The van der Waals surface area contributed by atoms with E-state index in [2.05, 4.69) is 9.97 Å². The molecule has 0 amide bonds. The monoisotopic (exact) mass is 270 g/mol. The lowest BCUT2D eigenvalue weighted by Gasteiger charge is -2.23. The second kappa shape index (κ2) is 5.12. The molecule has 0 bridgehead atoms. The van der Waals surface area contributed by atoms with Crippen molar-refractivity contribution in [2.45, 2.75) is 31.8 Å². The van der Waals surface area contributed by atoms with Crippen LogP contribution in [-0.2, 0) is 17.6 Å². The van der Waals surface area contributed by atoms with Gasteiger partial charge in [0.25, 0.3) is 0 Å². The highest BCUT2D eigenvalue weighted by Crippen LogP contribution is 2.29. The minimum absolute atomic E-state index is 0.0264. The molecule has 1 saturated heterocycles. The molecule has 1 atom stereocenters. The molecule has 1 aromatic heterocycles. The summed E-state index contributed by atoms with van der Waals surface area (Å²) in [5, 5.41) is 0.642. The molecule has 0 saturated carbocycles. The van der Waals surface area contributed by atoms with Gasteiger partial charge in [0.1, 0.15) is 11.3 Å². The van der Waals surface area contributed by atoms with Crippen molar-refractivity contribution in [2.24, 2.45) is 0 Å². The number of fused-ring (bicyclic) bond motifs is 1. The fourth-order valence-electron chi connectivity index (χ4n) is 2.35. The van der Waals surface area contributed by atoms with Crippen molar-refractivity contribution in [2.75, 3.05) is 18.1 Å². The van der Waals surface area contributed by atoms with Crippen LogP contribution in [0.2, 0.25) is 5.15 Å². The van der Waals surface area contributed by atoms with Gasteiger partial charge in [-0.1, -0.05) is 11.6 Å². The third-order valence-corrected chi connectivity index (χ3v) is 4.56. The molecule has 1 aliphatic heterocycles. The second-order valence-corrected chi connectivity index (χ2v) is 5.95. The van der Waals surface area contributed by atoms with Gasteiger partial charge in [-0.3, -0.25) is 0 Å². The molecule has 3 rings (SSSR count). The van der Waals surface area contributed by atoms with E-state index in [9.17, 15) is 0 Å². The highest BCUT2D eigenvalue weighted by atomic mass is 35.5. The average molecular weight is 271 g/mol. The normalized spacial score (nSPS) is 24.4. The summed E-state index contributed by atoms with van der Waals surface area (Å²) >= 11 is 8.15. The van der Waals surface area contributed by atoms with Gasteiger partial charge in [0, 0.05) is 22.8 Å². The maximum Gasteiger partial charge on any atom is 0.159 e. The summed E-state index contributed by atoms with van der Waals surface area (Å²) in [6.45, 7) is 0.785. The van der Waals surface area contributed by atoms with E-state index < -0.39 is 0 Å². The maximum atomic E-state index is 6.25. The summed E-state index contributed by atoms with van der Waals surface area (Å²) in [7, 11) is 0. The summed E-state index contributed by atoms with van der Waals surface area (Å²) in [6, 6.07) is 0. The summed E-state index contributed by atoms with van der Waals surface area (Å²) in [4.78, 5) is 9.09. The Hall–Kier alpha value is -0.320. The Morgan fingerprint density at radius 2 is 2.12 bits per heavy atom. The second-order valence-electron chi connectivity index (χ2n) is 4.44. The minimum atomic E-state index is 0.0264. The van der Waals surface area contributed by atoms with Gasteiger partial charge in [0.05, 0.1) is 6.61 Å². The Kier molecular flexibility index (Phi) is 3.54. The Labute approximate surface area is 110 Å². The predicted molar refractivity (Wildman–Crippen MR) is 69.7 cm³/mol. The Bertz CT molecular complexity index is 421. The lowest BCUT2D eigenvalue weighted by molar-refractivity contribution is 0.0692. The van der Waals surface area contributed by atoms with E-state index in [1.165, 1.54) is 12.8 Å². The Morgan fingerprint density at radius 1 is 1.24 bits per heavy atom. The Morgan fingerprint density at radius 3 is 2.94 bits per heavy atom. The highest BCUT2D eigenvalue weighted by Gasteiger charge is 2.23. The molecule has 1 aromatic rings. The zero-order valence-electron chi connectivity index (χ0n) is 9.62. The van der Waals surface area contributed by atoms with Crippen molar-refractivity contribution >= 4 is 23.4 Å². The van der Waals surface area contributed by atoms with Crippen LogP contribution in [0.3, 0.4) is 0 Å². The largest absolute Gasteiger partial charge is 0.368 e. The first kappa shape index (κ1) is 11.8. The Balaban J connectivity index is 1.92. The molecule has 2 heterocycles. The lowest BCUT2D eigenvalue weighted by atomic mass is 9.97. The lowest BCUT2D eigenvalue weighted by Crippen LogP contribution is -2.20. The molecule has 2 aliphatic rings. The summed E-state index contributed by atoms with van der Waals surface area (Å²) in [5.74, 6) is 2.78. The van der Waals surface area contributed by atoms with Crippen molar-refractivity contribution in [1.29, 1.82) is 0 Å². The van der Waals surface area contributed by atoms with Gasteiger partial charge in [-0.15, -0.1) is 0 Å². The van der Waals surface area contributed by atoms with E-state index in [4.69, 9.17) is 16.3 Å². The number of halogens is 1. The van der Waals surface area contributed by atoms with Gasteiger partial charge in [0.15, 0.2) is 5.82 Å². The number of aryl methyl sites for hydroxylation is 1. The van der Waals surface area contributed by atoms with Crippen molar-refractivity contribution in [3.8, 4) is 0 Å². The van der Waals surface area contributed by atoms with Crippen LogP contribution < -0.4 is 0 Å². The van der Waals surface area contributed by atoms with Gasteiger partial charge >= 0.3 is 0 Å². The molecule has 5 heteroatoms. The topological polar surface area (TPSA) is 35.0 Å². The SMILES string of the molecule is Clc1nc(C2CSCCO2)nc2c1CCCC2. The van der Waals surface area contributed by atoms with Crippen LogP contribution in [0.1, 0.15) is 36.0 Å². The predicted octanol–water partition coefficient (Wildman–Crippen LogP) is 2.81. The molecule has 1 unspecified atom stereocenters. The van der Waals surface area contributed by atoms with Gasteiger partial charge in [-0.25, -0.2) is 9.97 Å². The number of nitrogens with zero attached hydrogens (tertiary/aromatic N) is 2. The average Bonchev–Trinajstić information content (AvgIpc) is 2.40. The number of hydrogen-bond acceptors (Lipinski definition) is 4. The van der Waals surface area contributed by atoms with Crippen molar-refractivity contribution in [3.63, 3.8) is 0 Å². The van der Waals surface area contributed by atoms with E-state index in [0.29, 0.717) is 5.15 Å². The highest BCUT2D eigenvalue weighted by molar-refractivity contribution is 7.99. The number of hydrogen-bond donors (Lipinski definition) is 0. The summed E-state index contributed by atoms with van der Waals surface area (Å²) < 4.78 is 5.71. The number of ether oxygens (including phenoxy) is 1. The van der Waals surface area contributed by atoms with E-state index in [1.807, 2.05) is 11.8 Å². The zero-order chi connectivity index (χ0) is 11.7. The third kappa shape index (κ3) is 2.44. The first-order valence-electron chi connectivity index (χ1n) is 6.09. The summed E-state index contributed by atoms with van der Waals surface area (Å²) in [5.41, 5.74) is 2.30. The van der Waals surface area contributed by atoms with Crippen LogP contribution in [0.15, 0.2) is 0 Å². The minimum Gasteiger partial charge on any atom is -0.368 e.